The standard InChI is InChI=1S/C20H13N3O3S/c24-17(15-7-3-4-8-16(15)19(25)26)21-20-23-22-18(27-20)14-10-9-12-5-1-2-6-13(12)11-14/h1-11H,(H,25,26)(H,21,23,24). The number of hydrogen-bond acceptors (Lipinski definition) is 5. The maximum atomic E-state index is 12.4. The number of carbonyl (C=O) groups excluding carboxylic acids is 1. The van der Waals surface area contributed by atoms with E-state index in [-0.39, 0.29) is 11.1 Å². The fraction of sp³-hybridized carbons (Fsp3) is 0. The molecular weight excluding hydrogens is 362 g/mol. The summed E-state index contributed by atoms with van der Waals surface area (Å²) < 4.78 is 0. The van der Waals surface area contributed by atoms with Crippen LogP contribution in [0.1, 0.15) is 20.7 Å². The number of aromatic nitrogens is 2. The Morgan fingerprint density at radius 3 is 2.33 bits per heavy atom. The Morgan fingerprint density at radius 1 is 0.852 bits per heavy atom. The van der Waals surface area contributed by atoms with Crippen LogP contribution in [-0.2, 0) is 0 Å². The van der Waals surface area contributed by atoms with Gasteiger partial charge in [-0.2, -0.15) is 0 Å². The first-order chi connectivity index (χ1) is 13.1. The van der Waals surface area contributed by atoms with Gasteiger partial charge in [0.1, 0.15) is 5.01 Å². The van der Waals surface area contributed by atoms with E-state index in [9.17, 15) is 14.7 Å². The smallest absolute Gasteiger partial charge is 0.336 e. The summed E-state index contributed by atoms with van der Waals surface area (Å²) >= 11 is 1.23. The van der Waals surface area contributed by atoms with Crippen LogP contribution in [0.25, 0.3) is 21.3 Å². The predicted octanol–water partition coefficient (Wildman–Crippen LogP) is 4.31. The Kier molecular flexibility index (Phi) is 4.35. The van der Waals surface area contributed by atoms with Gasteiger partial charge in [-0.3, -0.25) is 10.1 Å². The molecule has 0 radical (unpaired) electrons. The van der Waals surface area contributed by atoms with Crippen molar-refractivity contribution in [3.63, 3.8) is 0 Å². The normalized spacial score (nSPS) is 10.7. The van der Waals surface area contributed by atoms with Gasteiger partial charge in [-0.15, -0.1) is 10.2 Å². The lowest BCUT2D eigenvalue weighted by Gasteiger charge is -2.04. The van der Waals surface area contributed by atoms with Crippen LogP contribution in [0.15, 0.2) is 66.7 Å². The van der Waals surface area contributed by atoms with E-state index in [1.165, 1.54) is 23.5 Å². The predicted molar refractivity (Wildman–Crippen MR) is 104 cm³/mol. The van der Waals surface area contributed by atoms with Gasteiger partial charge in [-0.05, 0) is 29.0 Å². The summed E-state index contributed by atoms with van der Waals surface area (Å²) in [7, 11) is 0. The molecule has 0 fully saturated rings. The number of amides is 1. The van der Waals surface area contributed by atoms with Gasteiger partial charge in [0.05, 0.1) is 11.1 Å². The van der Waals surface area contributed by atoms with E-state index >= 15 is 0 Å². The lowest BCUT2D eigenvalue weighted by atomic mass is 10.1. The lowest BCUT2D eigenvalue weighted by Crippen LogP contribution is -2.16. The van der Waals surface area contributed by atoms with Crippen LogP contribution in [0, 0.1) is 0 Å². The Bertz CT molecular complexity index is 1170. The molecule has 1 heterocycles. The zero-order valence-electron chi connectivity index (χ0n) is 13.9. The molecule has 3 aromatic carbocycles. The van der Waals surface area contributed by atoms with Crippen molar-refractivity contribution >= 4 is 39.1 Å². The summed E-state index contributed by atoms with van der Waals surface area (Å²) in [5, 5.41) is 23.2. The number of benzene rings is 3. The summed E-state index contributed by atoms with van der Waals surface area (Å²) in [6.45, 7) is 0. The molecule has 0 unspecified atom stereocenters. The molecule has 1 amide bonds. The molecule has 7 heteroatoms. The molecule has 6 nitrogen and oxygen atoms in total. The number of anilines is 1. The number of carbonyl (C=O) groups is 2. The average Bonchev–Trinajstić information content (AvgIpc) is 3.16. The Morgan fingerprint density at radius 2 is 1.56 bits per heavy atom. The fourth-order valence-electron chi connectivity index (χ4n) is 2.74. The Labute approximate surface area is 158 Å². The van der Waals surface area contributed by atoms with Gasteiger partial charge >= 0.3 is 5.97 Å². The third-order valence-corrected chi connectivity index (χ3v) is 4.93. The maximum Gasteiger partial charge on any atom is 0.336 e. The number of carboxylic acid groups (broad SMARTS) is 1. The molecule has 4 aromatic rings. The van der Waals surface area contributed by atoms with Crippen molar-refractivity contribution in [1.29, 1.82) is 0 Å². The zero-order valence-corrected chi connectivity index (χ0v) is 14.7. The highest BCUT2D eigenvalue weighted by Gasteiger charge is 2.17. The molecule has 0 atom stereocenters. The van der Waals surface area contributed by atoms with Crippen molar-refractivity contribution in [2.75, 3.05) is 5.32 Å². The molecule has 2 N–H and O–H groups in total. The quantitative estimate of drug-likeness (QED) is 0.554. The second kappa shape index (κ2) is 6.97. The topological polar surface area (TPSA) is 92.2 Å². The minimum Gasteiger partial charge on any atom is -0.478 e. The van der Waals surface area contributed by atoms with Crippen LogP contribution in [0.5, 0.6) is 0 Å². The summed E-state index contributed by atoms with van der Waals surface area (Å²) in [5.74, 6) is -1.69. The highest BCUT2D eigenvalue weighted by atomic mass is 32.1. The number of rotatable bonds is 4. The van der Waals surface area contributed by atoms with Gasteiger partial charge < -0.3 is 5.11 Å². The van der Waals surface area contributed by atoms with Crippen LogP contribution < -0.4 is 5.32 Å². The van der Waals surface area contributed by atoms with E-state index in [0.717, 1.165) is 16.3 Å². The summed E-state index contributed by atoms with van der Waals surface area (Å²) in [4.78, 5) is 23.7. The van der Waals surface area contributed by atoms with Crippen molar-refractivity contribution in [1.82, 2.24) is 10.2 Å². The molecule has 1 aromatic heterocycles. The summed E-state index contributed by atoms with van der Waals surface area (Å²) in [5.41, 5.74) is 0.916. The molecular formula is C20H13N3O3S. The minimum absolute atomic E-state index is 0.0609. The number of nitrogens with one attached hydrogen (secondary N) is 1. The van der Waals surface area contributed by atoms with E-state index in [4.69, 9.17) is 0 Å². The average molecular weight is 375 g/mol. The van der Waals surface area contributed by atoms with E-state index < -0.39 is 11.9 Å². The Hall–Kier alpha value is -3.58. The fourth-order valence-corrected chi connectivity index (χ4v) is 3.48. The zero-order chi connectivity index (χ0) is 18.8. The number of carboxylic acids is 1. The first-order valence-electron chi connectivity index (χ1n) is 8.08. The second-order valence-corrected chi connectivity index (χ2v) is 6.76. The highest BCUT2D eigenvalue weighted by molar-refractivity contribution is 7.18. The third kappa shape index (κ3) is 3.40. The van der Waals surface area contributed by atoms with E-state index in [1.807, 2.05) is 42.5 Å². The molecule has 0 saturated heterocycles. The molecule has 0 aliphatic rings. The van der Waals surface area contributed by atoms with Gasteiger partial charge in [-0.25, -0.2) is 4.79 Å². The van der Waals surface area contributed by atoms with Crippen LogP contribution in [0.4, 0.5) is 5.13 Å². The number of aromatic carboxylic acids is 1. The molecule has 0 spiro atoms. The largest absolute Gasteiger partial charge is 0.478 e. The van der Waals surface area contributed by atoms with Crippen molar-refractivity contribution in [3.05, 3.63) is 77.9 Å². The third-order valence-electron chi connectivity index (χ3n) is 4.04. The first-order valence-corrected chi connectivity index (χ1v) is 8.90. The van der Waals surface area contributed by atoms with Gasteiger partial charge in [-0.1, -0.05) is 59.9 Å². The van der Waals surface area contributed by atoms with Gasteiger partial charge in [0.2, 0.25) is 5.13 Å². The maximum absolute atomic E-state index is 12.4. The molecule has 0 saturated carbocycles. The van der Waals surface area contributed by atoms with E-state index in [0.29, 0.717) is 10.1 Å². The van der Waals surface area contributed by atoms with Crippen molar-refractivity contribution in [2.45, 2.75) is 0 Å². The molecule has 0 aliphatic carbocycles. The van der Waals surface area contributed by atoms with Crippen LogP contribution in [0.3, 0.4) is 0 Å². The van der Waals surface area contributed by atoms with E-state index in [2.05, 4.69) is 15.5 Å². The van der Waals surface area contributed by atoms with Crippen LogP contribution in [-0.4, -0.2) is 27.2 Å². The first kappa shape index (κ1) is 16.9. The summed E-state index contributed by atoms with van der Waals surface area (Å²) in [6.07, 6.45) is 0. The number of fused-ring (bicyclic) bond motifs is 1. The van der Waals surface area contributed by atoms with E-state index in [1.54, 1.807) is 12.1 Å². The van der Waals surface area contributed by atoms with Gasteiger partial charge in [0, 0.05) is 5.56 Å². The number of nitrogens with zero attached hydrogens (tertiary/aromatic N) is 2. The SMILES string of the molecule is O=C(O)c1ccccc1C(=O)Nc1nnc(-c2ccc3ccccc3c2)s1. The van der Waals surface area contributed by atoms with Crippen molar-refractivity contribution in [3.8, 4) is 10.6 Å². The minimum atomic E-state index is -1.16. The molecule has 0 bridgehead atoms. The van der Waals surface area contributed by atoms with Crippen LogP contribution >= 0.6 is 11.3 Å². The van der Waals surface area contributed by atoms with Crippen molar-refractivity contribution < 1.29 is 14.7 Å². The monoisotopic (exact) mass is 375 g/mol. The highest BCUT2D eigenvalue weighted by Crippen LogP contribution is 2.29. The van der Waals surface area contributed by atoms with Gasteiger partial charge in [0.15, 0.2) is 0 Å². The summed E-state index contributed by atoms with van der Waals surface area (Å²) in [6, 6.07) is 20.0. The van der Waals surface area contributed by atoms with Crippen molar-refractivity contribution in [2.24, 2.45) is 0 Å². The Balaban J connectivity index is 1.59. The molecule has 27 heavy (non-hydrogen) atoms. The van der Waals surface area contributed by atoms with Crippen LogP contribution in [0.2, 0.25) is 0 Å². The lowest BCUT2D eigenvalue weighted by molar-refractivity contribution is 0.0692. The molecule has 4 rings (SSSR count). The second-order valence-electron chi connectivity index (χ2n) is 5.78. The molecule has 0 aliphatic heterocycles. The van der Waals surface area contributed by atoms with Gasteiger partial charge in [0.25, 0.3) is 5.91 Å². The number of hydrogen-bond donors (Lipinski definition) is 2. The molecule has 132 valence electrons.